The number of hydrogen-bond acceptors (Lipinski definition) is 7. The molecule has 0 unspecified atom stereocenters. The molecule has 0 saturated carbocycles. The normalized spacial score (nSPS) is 31.8. The Balaban J connectivity index is 2.31. The van der Waals surface area contributed by atoms with E-state index < -0.39 is 42.1 Å². The van der Waals surface area contributed by atoms with Crippen LogP contribution in [-0.4, -0.2) is 61.7 Å². The van der Waals surface area contributed by atoms with Crippen LogP contribution in [0.4, 0.5) is 0 Å². The van der Waals surface area contributed by atoms with Gasteiger partial charge in [-0.3, -0.25) is 4.79 Å². The zero-order valence-electron chi connectivity index (χ0n) is 11.9. The molecular formula is C13H17NO8. The lowest BCUT2D eigenvalue weighted by atomic mass is 9.99. The maximum Gasteiger partial charge on any atom is 0.335 e. The Labute approximate surface area is 125 Å². The van der Waals surface area contributed by atoms with Gasteiger partial charge in [0.25, 0.3) is 0 Å². The summed E-state index contributed by atoms with van der Waals surface area (Å²) >= 11 is 0. The SMILES string of the molecule is Cc1c(O[C@H]2O[C@H](C(=O)O)[C@H](O)[C@@H](O)[C@H]2O)c(=O)ccn1C. The van der Waals surface area contributed by atoms with Gasteiger partial charge in [-0.05, 0) is 6.92 Å². The van der Waals surface area contributed by atoms with Crippen LogP contribution in [0.1, 0.15) is 5.69 Å². The summed E-state index contributed by atoms with van der Waals surface area (Å²) in [7, 11) is 1.67. The van der Waals surface area contributed by atoms with Gasteiger partial charge in [-0.1, -0.05) is 0 Å². The van der Waals surface area contributed by atoms with E-state index >= 15 is 0 Å². The van der Waals surface area contributed by atoms with Gasteiger partial charge in [0.1, 0.15) is 18.3 Å². The number of carboxylic acids is 1. The fourth-order valence-corrected chi connectivity index (χ4v) is 2.11. The predicted molar refractivity (Wildman–Crippen MR) is 71.4 cm³/mol. The van der Waals surface area contributed by atoms with E-state index in [9.17, 15) is 24.9 Å². The summed E-state index contributed by atoms with van der Waals surface area (Å²) in [5.41, 5.74) is -0.0605. The highest BCUT2D eigenvalue weighted by atomic mass is 16.7. The Morgan fingerprint density at radius 1 is 1.27 bits per heavy atom. The standard InChI is InChI=1S/C13H17NO8/c1-5-10(6(15)3-4-14(5)2)21-13-9(18)7(16)8(17)11(22-13)12(19)20/h3-4,7-9,11,13,16-18H,1-2H3,(H,19,20)/t7-,8-,9-,11+,13+/m1/s1. The Kier molecular flexibility index (Phi) is 4.52. The number of hydrogen-bond donors (Lipinski definition) is 4. The van der Waals surface area contributed by atoms with Gasteiger partial charge in [-0.25, -0.2) is 4.79 Å². The van der Waals surface area contributed by atoms with E-state index in [1.165, 1.54) is 12.3 Å². The lowest BCUT2D eigenvalue weighted by Crippen LogP contribution is -2.61. The maximum absolute atomic E-state index is 11.8. The average Bonchev–Trinajstić information content (AvgIpc) is 2.47. The molecule has 4 N–H and O–H groups in total. The van der Waals surface area contributed by atoms with E-state index in [0.29, 0.717) is 5.69 Å². The highest BCUT2D eigenvalue weighted by Crippen LogP contribution is 2.24. The average molecular weight is 315 g/mol. The molecule has 1 aliphatic rings. The monoisotopic (exact) mass is 315 g/mol. The summed E-state index contributed by atoms with van der Waals surface area (Å²) in [6.45, 7) is 1.59. The van der Waals surface area contributed by atoms with Crippen LogP contribution in [0, 0.1) is 6.92 Å². The molecule has 9 heteroatoms. The molecule has 0 spiro atoms. The molecule has 1 aromatic rings. The first kappa shape index (κ1) is 16.4. The van der Waals surface area contributed by atoms with Gasteiger partial charge in [-0.2, -0.15) is 0 Å². The number of aryl methyl sites for hydroxylation is 1. The number of nitrogens with zero attached hydrogens (tertiary/aromatic N) is 1. The highest BCUT2D eigenvalue weighted by molar-refractivity contribution is 5.73. The van der Waals surface area contributed by atoms with Crippen molar-refractivity contribution in [1.29, 1.82) is 0 Å². The predicted octanol–water partition coefficient (Wildman–Crippen LogP) is -2.04. The van der Waals surface area contributed by atoms with Crippen molar-refractivity contribution >= 4 is 5.97 Å². The number of aliphatic hydroxyl groups excluding tert-OH is 3. The zero-order valence-corrected chi connectivity index (χ0v) is 11.9. The molecule has 1 aliphatic heterocycles. The number of aliphatic carboxylic acids is 1. The van der Waals surface area contributed by atoms with Gasteiger partial charge >= 0.3 is 5.97 Å². The second kappa shape index (κ2) is 6.05. The maximum atomic E-state index is 11.8. The lowest BCUT2D eigenvalue weighted by molar-refractivity contribution is -0.271. The third-order valence-corrected chi connectivity index (χ3v) is 3.58. The van der Waals surface area contributed by atoms with Crippen LogP contribution in [0.15, 0.2) is 17.1 Å². The second-order valence-electron chi connectivity index (χ2n) is 5.06. The van der Waals surface area contributed by atoms with Crippen LogP contribution < -0.4 is 10.2 Å². The molecule has 2 heterocycles. The molecule has 1 fully saturated rings. The van der Waals surface area contributed by atoms with Crippen LogP contribution in [0.3, 0.4) is 0 Å². The first-order valence-corrected chi connectivity index (χ1v) is 6.49. The quantitative estimate of drug-likeness (QED) is 0.501. The van der Waals surface area contributed by atoms with Crippen LogP contribution in [0.2, 0.25) is 0 Å². The van der Waals surface area contributed by atoms with Crippen molar-refractivity contribution in [3.63, 3.8) is 0 Å². The topological polar surface area (TPSA) is 138 Å². The molecule has 1 aromatic heterocycles. The number of aromatic nitrogens is 1. The minimum absolute atomic E-state index is 0.137. The lowest BCUT2D eigenvalue weighted by Gasteiger charge is -2.38. The van der Waals surface area contributed by atoms with E-state index in [2.05, 4.69) is 0 Å². The van der Waals surface area contributed by atoms with Gasteiger partial charge in [-0.15, -0.1) is 0 Å². The van der Waals surface area contributed by atoms with Crippen LogP contribution in [0.25, 0.3) is 0 Å². The molecule has 1 saturated heterocycles. The molecule has 122 valence electrons. The highest BCUT2D eigenvalue weighted by Gasteiger charge is 2.48. The van der Waals surface area contributed by atoms with Gasteiger partial charge < -0.3 is 34.5 Å². The van der Waals surface area contributed by atoms with Gasteiger partial charge in [0.15, 0.2) is 11.9 Å². The van der Waals surface area contributed by atoms with E-state index in [0.717, 1.165) is 0 Å². The molecular weight excluding hydrogens is 298 g/mol. The Morgan fingerprint density at radius 3 is 2.50 bits per heavy atom. The van der Waals surface area contributed by atoms with E-state index in [1.807, 2.05) is 0 Å². The second-order valence-corrected chi connectivity index (χ2v) is 5.06. The fourth-order valence-electron chi connectivity index (χ4n) is 2.11. The van der Waals surface area contributed by atoms with E-state index in [-0.39, 0.29) is 5.75 Å². The van der Waals surface area contributed by atoms with E-state index in [1.54, 1.807) is 18.5 Å². The van der Waals surface area contributed by atoms with Crippen LogP contribution >= 0.6 is 0 Å². The van der Waals surface area contributed by atoms with Crippen molar-refractivity contribution in [3.8, 4) is 5.75 Å². The molecule has 9 nitrogen and oxygen atoms in total. The van der Waals surface area contributed by atoms with Crippen molar-refractivity contribution in [2.45, 2.75) is 37.6 Å². The summed E-state index contributed by atoms with van der Waals surface area (Å²) in [5.74, 6) is -1.66. The minimum atomic E-state index is -1.81. The van der Waals surface area contributed by atoms with Gasteiger partial charge in [0.2, 0.25) is 11.7 Å². The Morgan fingerprint density at radius 2 is 1.91 bits per heavy atom. The summed E-state index contributed by atoms with van der Waals surface area (Å²) in [6.07, 6.45) is -7.18. The van der Waals surface area contributed by atoms with Crippen molar-refractivity contribution in [2.75, 3.05) is 0 Å². The van der Waals surface area contributed by atoms with E-state index in [4.69, 9.17) is 14.6 Å². The number of carboxylic acid groups (broad SMARTS) is 1. The molecule has 22 heavy (non-hydrogen) atoms. The van der Waals surface area contributed by atoms with Gasteiger partial charge in [0, 0.05) is 19.3 Å². The van der Waals surface area contributed by atoms with Crippen molar-refractivity contribution in [3.05, 3.63) is 28.2 Å². The summed E-state index contributed by atoms with van der Waals surface area (Å²) in [5, 5.41) is 38.1. The molecule has 0 aromatic carbocycles. The number of rotatable bonds is 3. The Hall–Kier alpha value is -1.94. The third kappa shape index (κ3) is 2.83. The van der Waals surface area contributed by atoms with Crippen LogP contribution in [-0.2, 0) is 16.6 Å². The summed E-state index contributed by atoms with van der Waals surface area (Å²) in [4.78, 5) is 22.8. The Bertz CT molecular complexity index is 627. The fraction of sp³-hybridized carbons (Fsp3) is 0.538. The molecule has 2 rings (SSSR count). The minimum Gasteiger partial charge on any atom is -0.479 e. The molecule has 0 radical (unpaired) electrons. The van der Waals surface area contributed by atoms with Crippen molar-refractivity contribution in [1.82, 2.24) is 4.57 Å². The number of pyridine rings is 1. The molecule has 5 atom stereocenters. The summed E-state index contributed by atoms with van der Waals surface area (Å²) < 4.78 is 11.8. The third-order valence-electron chi connectivity index (χ3n) is 3.58. The van der Waals surface area contributed by atoms with Crippen molar-refractivity contribution < 1.29 is 34.7 Å². The molecule has 0 amide bonds. The first-order valence-electron chi connectivity index (χ1n) is 6.49. The number of ether oxygens (including phenoxy) is 2. The largest absolute Gasteiger partial charge is 0.479 e. The molecule has 0 bridgehead atoms. The number of aliphatic hydroxyl groups is 3. The number of carbonyl (C=O) groups is 1. The molecule has 0 aliphatic carbocycles. The van der Waals surface area contributed by atoms with Crippen LogP contribution in [0.5, 0.6) is 5.75 Å². The first-order chi connectivity index (χ1) is 10.2. The van der Waals surface area contributed by atoms with Gasteiger partial charge in [0.05, 0.1) is 5.69 Å². The smallest absolute Gasteiger partial charge is 0.335 e. The van der Waals surface area contributed by atoms with Crippen molar-refractivity contribution in [2.24, 2.45) is 7.05 Å². The zero-order chi connectivity index (χ0) is 16.6. The summed E-state index contributed by atoms with van der Waals surface area (Å²) in [6, 6.07) is 1.23.